The van der Waals surface area contributed by atoms with Crippen molar-refractivity contribution in [1.82, 2.24) is 0 Å². The number of rotatable bonds is 5. The first kappa shape index (κ1) is 31.4. The summed E-state index contributed by atoms with van der Waals surface area (Å²) in [6, 6.07) is 76.9. The third kappa shape index (κ3) is 4.82. The van der Waals surface area contributed by atoms with Crippen LogP contribution >= 0.6 is 0 Å². The van der Waals surface area contributed by atoms with Gasteiger partial charge in [-0.2, -0.15) is 0 Å². The predicted molar refractivity (Wildman–Crippen MR) is 227 cm³/mol. The summed E-state index contributed by atoms with van der Waals surface area (Å²) in [5, 5.41) is 2.40. The van der Waals surface area contributed by atoms with Gasteiger partial charge in [-0.05, 0) is 104 Å². The molecule has 2 nitrogen and oxygen atoms in total. The molecule has 0 saturated carbocycles. The zero-order chi connectivity index (χ0) is 36.3. The maximum absolute atomic E-state index is 6.81. The Morgan fingerprint density at radius 1 is 0.345 bits per heavy atom. The van der Waals surface area contributed by atoms with E-state index in [1.54, 1.807) is 0 Å². The number of hydrogen-bond donors (Lipinski definition) is 0. The van der Waals surface area contributed by atoms with Crippen LogP contribution in [0.5, 0.6) is 11.5 Å². The Kier molecular flexibility index (Phi) is 7.11. The average Bonchev–Trinajstić information content (AvgIpc) is 3.54. The van der Waals surface area contributed by atoms with E-state index in [9.17, 15) is 0 Å². The fraction of sp³-hybridized carbons (Fsp3) is 0.0189. The van der Waals surface area contributed by atoms with Gasteiger partial charge in [0.2, 0.25) is 0 Å². The van der Waals surface area contributed by atoms with Crippen LogP contribution in [0.25, 0.3) is 44.2 Å². The zero-order valence-corrected chi connectivity index (χ0v) is 30.1. The Labute approximate surface area is 321 Å². The van der Waals surface area contributed by atoms with Gasteiger partial charge in [0.05, 0.1) is 5.41 Å². The molecular weight excluding hydrogens is 667 g/mol. The molecule has 1 atom stereocenters. The molecule has 0 radical (unpaired) electrons. The number of para-hydroxylation sites is 1. The van der Waals surface area contributed by atoms with Crippen LogP contribution in [0.1, 0.15) is 22.3 Å². The van der Waals surface area contributed by atoms with Crippen molar-refractivity contribution in [3.63, 3.8) is 0 Å². The molecule has 9 aromatic rings. The van der Waals surface area contributed by atoms with Gasteiger partial charge in [-0.1, -0.05) is 164 Å². The molecule has 0 fully saturated rings. The number of benzene rings is 9. The van der Waals surface area contributed by atoms with E-state index in [-0.39, 0.29) is 0 Å². The van der Waals surface area contributed by atoms with Gasteiger partial charge in [0.15, 0.2) is 0 Å². The molecule has 0 amide bonds. The van der Waals surface area contributed by atoms with Crippen LogP contribution in [-0.2, 0) is 5.41 Å². The van der Waals surface area contributed by atoms with E-state index in [0.717, 1.165) is 34.1 Å². The first-order valence-corrected chi connectivity index (χ1v) is 18.9. The van der Waals surface area contributed by atoms with Gasteiger partial charge >= 0.3 is 0 Å². The summed E-state index contributed by atoms with van der Waals surface area (Å²) >= 11 is 0. The van der Waals surface area contributed by atoms with E-state index in [1.807, 2.05) is 0 Å². The average molecular weight is 702 g/mol. The van der Waals surface area contributed by atoms with Crippen LogP contribution in [0.3, 0.4) is 0 Å². The quantitative estimate of drug-likeness (QED) is 0.177. The summed E-state index contributed by atoms with van der Waals surface area (Å²) in [5.41, 5.74) is 14.8. The lowest BCUT2D eigenvalue weighted by Crippen LogP contribution is -2.32. The van der Waals surface area contributed by atoms with Gasteiger partial charge in [-0.3, -0.25) is 0 Å². The second-order valence-electron chi connectivity index (χ2n) is 14.4. The number of hydrogen-bond acceptors (Lipinski definition) is 2. The summed E-state index contributed by atoms with van der Waals surface area (Å²) < 4.78 is 6.81. The molecule has 0 saturated heterocycles. The Bertz CT molecular complexity index is 2900. The van der Waals surface area contributed by atoms with E-state index in [2.05, 4.69) is 217 Å². The SMILES string of the molecule is c1ccc(-c2ccc(N(c3cccc(-c4ccccc4)c3)c3ccc4c(c3)C3(c5ccccc5Oc5ccc6ccccc6c53)c3ccccc3-4)cc2)cc1. The summed E-state index contributed by atoms with van der Waals surface area (Å²) in [6.45, 7) is 0. The first-order valence-electron chi connectivity index (χ1n) is 18.9. The minimum atomic E-state index is -0.609. The largest absolute Gasteiger partial charge is 0.457 e. The Morgan fingerprint density at radius 3 is 1.76 bits per heavy atom. The minimum Gasteiger partial charge on any atom is -0.457 e. The van der Waals surface area contributed by atoms with Gasteiger partial charge in [-0.15, -0.1) is 0 Å². The summed E-state index contributed by atoms with van der Waals surface area (Å²) in [5.74, 6) is 1.79. The van der Waals surface area contributed by atoms with Gasteiger partial charge < -0.3 is 9.64 Å². The van der Waals surface area contributed by atoms with Gasteiger partial charge in [0.25, 0.3) is 0 Å². The third-order valence-corrected chi connectivity index (χ3v) is 11.5. The summed E-state index contributed by atoms with van der Waals surface area (Å²) in [4.78, 5) is 2.41. The van der Waals surface area contributed by atoms with Crippen molar-refractivity contribution in [1.29, 1.82) is 0 Å². The predicted octanol–water partition coefficient (Wildman–Crippen LogP) is 14.1. The number of fused-ring (bicyclic) bond motifs is 11. The van der Waals surface area contributed by atoms with Crippen LogP contribution in [-0.4, -0.2) is 0 Å². The molecule has 0 bridgehead atoms. The Hall–Kier alpha value is -7.16. The topological polar surface area (TPSA) is 12.5 Å². The Morgan fingerprint density at radius 2 is 0.945 bits per heavy atom. The number of nitrogens with zero attached hydrogens (tertiary/aromatic N) is 1. The molecule has 1 unspecified atom stereocenters. The zero-order valence-electron chi connectivity index (χ0n) is 30.1. The van der Waals surface area contributed by atoms with Crippen LogP contribution < -0.4 is 9.64 Å². The number of anilines is 3. The molecule has 0 N–H and O–H groups in total. The molecule has 11 rings (SSSR count). The molecule has 2 aliphatic rings. The first-order chi connectivity index (χ1) is 27.3. The smallest absolute Gasteiger partial charge is 0.132 e. The Balaban J connectivity index is 1.18. The van der Waals surface area contributed by atoms with Gasteiger partial charge in [0.1, 0.15) is 11.5 Å². The number of ether oxygens (including phenoxy) is 1. The molecule has 2 heteroatoms. The molecule has 9 aromatic carbocycles. The van der Waals surface area contributed by atoms with Crippen molar-refractivity contribution in [2.75, 3.05) is 4.90 Å². The lowest BCUT2D eigenvalue weighted by atomic mass is 9.65. The van der Waals surface area contributed by atoms with E-state index in [0.29, 0.717) is 0 Å². The molecule has 55 heavy (non-hydrogen) atoms. The van der Waals surface area contributed by atoms with Gasteiger partial charge in [-0.25, -0.2) is 0 Å². The monoisotopic (exact) mass is 701 g/mol. The lowest BCUT2D eigenvalue weighted by molar-refractivity contribution is 0.438. The molecule has 258 valence electrons. The standard InChI is InChI=1S/C53H35NO/c1-3-14-36(15-4-1)38-26-29-41(30-27-38)54(42-20-13-19-40(34-42)37-16-5-2-6-17-37)43-31-32-46-45-22-9-10-23-47(45)53(49(46)35-43)48-24-11-12-25-50(48)55-51-33-28-39-18-7-8-21-44(39)52(51)53/h1-35H. The fourth-order valence-electron chi connectivity index (χ4n) is 9.14. The van der Waals surface area contributed by atoms with Crippen molar-refractivity contribution in [3.8, 4) is 44.9 Å². The van der Waals surface area contributed by atoms with Crippen molar-refractivity contribution >= 4 is 27.8 Å². The normalized spacial score (nSPS) is 14.8. The van der Waals surface area contributed by atoms with Crippen LogP contribution in [0.15, 0.2) is 212 Å². The molecule has 1 heterocycles. The summed E-state index contributed by atoms with van der Waals surface area (Å²) in [7, 11) is 0. The van der Waals surface area contributed by atoms with Crippen molar-refractivity contribution < 1.29 is 4.74 Å². The van der Waals surface area contributed by atoms with E-state index in [1.165, 1.54) is 60.8 Å². The van der Waals surface area contributed by atoms with Crippen molar-refractivity contribution in [2.45, 2.75) is 5.41 Å². The highest BCUT2D eigenvalue weighted by atomic mass is 16.5. The fourth-order valence-corrected chi connectivity index (χ4v) is 9.14. The second-order valence-corrected chi connectivity index (χ2v) is 14.4. The van der Waals surface area contributed by atoms with Gasteiger partial charge in [0, 0.05) is 28.2 Å². The van der Waals surface area contributed by atoms with Crippen molar-refractivity contribution in [3.05, 3.63) is 235 Å². The van der Waals surface area contributed by atoms with Crippen LogP contribution in [0.4, 0.5) is 17.1 Å². The van der Waals surface area contributed by atoms with Crippen LogP contribution in [0, 0.1) is 0 Å². The minimum absolute atomic E-state index is 0.609. The highest BCUT2D eigenvalue weighted by molar-refractivity contribution is 5.98. The third-order valence-electron chi connectivity index (χ3n) is 11.5. The lowest BCUT2D eigenvalue weighted by Gasteiger charge is -2.40. The van der Waals surface area contributed by atoms with E-state index < -0.39 is 5.41 Å². The maximum Gasteiger partial charge on any atom is 0.132 e. The maximum atomic E-state index is 6.81. The van der Waals surface area contributed by atoms with Crippen molar-refractivity contribution in [2.24, 2.45) is 0 Å². The van der Waals surface area contributed by atoms with Crippen LogP contribution in [0.2, 0.25) is 0 Å². The second kappa shape index (κ2) is 12.5. The molecule has 0 aromatic heterocycles. The highest BCUT2D eigenvalue weighted by Gasteiger charge is 2.52. The van der Waals surface area contributed by atoms with E-state index in [4.69, 9.17) is 4.74 Å². The molecule has 1 aliphatic heterocycles. The molecule has 1 spiro atoms. The van der Waals surface area contributed by atoms with E-state index >= 15 is 0 Å². The highest BCUT2D eigenvalue weighted by Crippen LogP contribution is 2.64. The summed E-state index contributed by atoms with van der Waals surface area (Å²) in [6.07, 6.45) is 0. The molecule has 1 aliphatic carbocycles. The molecular formula is C53H35NO.